The van der Waals surface area contributed by atoms with Crippen LogP contribution in [0.4, 0.5) is 17.1 Å². The van der Waals surface area contributed by atoms with E-state index in [1.165, 1.54) is 111 Å². The zero-order valence-electron chi connectivity index (χ0n) is 46.5. The number of fused-ring (bicyclic) bond motifs is 6. The number of hydrogen-bond donors (Lipinski definition) is 0. The fourth-order valence-electron chi connectivity index (χ4n) is 13.7. The zero-order valence-corrected chi connectivity index (χ0v) is 46.5. The maximum Gasteiger partial charge on any atom is 0.0714 e. The van der Waals surface area contributed by atoms with Gasteiger partial charge in [-0.15, -0.1) is 0 Å². The number of nitrogens with zero attached hydrogens (tertiary/aromatic N) is 1. The highest BCUT2D eigenvalue weighted by molar-refractivity contribution is 6.01. The lowest BCUT2D eigenvalue weighted by Crippen LogP contribution is -2.28. The average molecular weight is 1060 g/mol. The van der Waals surface area contributed by atoms with E-state index in [1.807, 2.05) is 0 Å². The van der Waals surface area contributed by atoms with E-state index in [2.05, 4.69) is 340 Å². The molecular formula is C82H59N. The summed E-state index contributed by atoms with van der Waals surface area (Å²) < 4.78 is 0. The third kappa shape index (κ3) is 8.38. The van der Waals surface area contributed by atoms with Crippen LogP contribution in [0.3, 0.4) is 0 Å². The Balaban J connectivity index is 0.993. The molecule has 0 saturated carbocycles. The molecule has 0 amide bonds. The highest BCUT2D eigenvalue weighted by Gasteiger charge is 2.48. The monoisotopic (exact) mass is 1060 g/mol. The molecule has 2 aliphatic carbocycles. The van der Waals surface area contributed by atoms with E-state index < -0.39 is 5.41 Å². The second kappa shape index (κ2) is 20.3. The lowest BCUT2D eigenvalue weighted by atomic mass is 9.67. The topological polar surface area (TPSA) is 3.24 Å². The van der Waals surface area contributed by atoms with Crippen molar-refractivity contribution < 1.29 is 0 Å². The Morgan fingerprint density at radius 2 is 0.590 bits per heavy atom. The van der Waals surface area contributed by atoms with E-state index in [1.54, 1.807) is 0 Å². The minimum absolute atomic E-state index is 0.101. The first-order valence-corrected chi connectivity index (χ1v) is 29.0. The summed E-state index contributed by atoms with van der Waals surface area (Å²) in [6, 6.07) is 119. The Morgan fingerprint density at radius 1 is 0.229 bits per heavy atom. The molecule has 0 aromatic heterocycles. The molecule has 13 aromatic carbocycles. The van der Waals surface area contributed by atoms with Crippen LogP contribution in [-0.4, -0.2) is 0 Å². The molecule has 2 aliphatic rings. The van der Waals surface area contributed by atoms with Gasteiger partial charge in [0, 0.05) is 22.4 Å². The van der Waals surface area contributed by atoms with Crippen LogP contribution in [0.15, 0.2) is 322 Å². The van der Waals surface area contributed by atoms with E-state index in [9.17, 15) is 0 Å². The average Bonchev–Trinajstić information content (AvgIpc) is 1.74. The summed E-state index contributed by atoms with van der Waals surface area (Å²) in [7, 11) is 0. The molecule has 13 aromatic rings. The number of anilines is 3. The maximum atomic E-state index is 2.53. The molecule has 0 unspecified atom stereocenters. The predicted octanol–water partition coefficient (Wildman–Crippen LogP) is 21.8. The van der Waals surface area contributed by atoms with Crippen molar-refractivity contribution in [3.63, 3.8) is 0 Å². The molecule has 1 heteroatoms. The molecule has 83 heavy (non-hydrogen) atoms. The van der Waals surface area contributed by atoms with Crippen molar-refractivity contribution in [3.05, 3.63) is 355 Å². The van der Waals surface area contributed by atoms with E-state index in [-0.39, 0.29) is 5.41 Å². The fraction of sp³-hybridized carbons (Fsp3) is 0.0488. The first-order valence-electron chi connectivity index (χ1n) is 29.0. The summed E-state index contributed by atoms with van der Waals surface area (Å²) in [4.78, 5) is 2.53. The molecule has 0 spiro atoms. The lowest BCUT2D eigenvalue weighted by Gasteiger charge is -2.35. The standard InChI is InChI=1S/C82H59N/c1-81(2)74-33-19-18-31-72(74)79-71(32-20-34-75(79)81)64-45-50-70(51-46-64)83(69-48-43-61(44-49-69)58-25-12-5-13-26-58)78-55-66(63-41-37-60(38-42-63)57-23-10-4-11-24-57)54-77-80(78)73-52-47-65(62-39-35-59(36-40-62)56-21-8-3-9-22-56)53-76(73)82(77,67-27-14-6-15-28-67)68-29-16-7-17-30-68/h3-55H,1-2H3. The fourth-order valence-corrected chi connectivity index (χ4v) is 13.7. The number of hydrogen-bond acceptors (Lipinski definition) is 1. The van der Waals surface area contributed by atoms with Crippen LogP contribution in [0.25, 0.3) is 89.0 Å². The lowest BCUT2D eigenvalue weighted by molar-refractivity contribution is 0.660. The summed E-state index contributed by atoms with van der Waals surface area (Å²) >= 11 is 0. The van der Waals surface area contributed by atoms with Crippen molar-refractivity contribution in [1.82, 2.24) is 0 Å². The van der Waals surface area contributed by atoms with Crippen LogP contribution in [-0.2, 0) is 10.8 Å². The Labute approximate surface area is 487 Å². The van der Waals surface area contributed by atoms with Gasteiger partial charge in [0.05, 0.1) is 11.1 Å². The molecule has 0 bridgehead atoms. The van der Waals surface area contributed by atoms with Crippen molar-refractivity contribution in [1.29, 1.82) is 0 Å². The van der Waals surface area contributed by atoms with Crippen LogP contribution in [0.1, 0.15) is 47.2 Å². The molecule has 0 fully saturated rings. The van der Waals surface area contributed by atoms with Gasteiger partial charge in [0.25, 0.3) is 0 Å². The van der Waals surface area contributed by atoms with Crippen molar-refractivity contribution in [2.75, 3.05) is 4.90 Å². The molecule has 0 atom stereocenters. The third-order valence-corrected chi connectivity index (χ3v) is 17.8. The zero-order chi connectivity index (χ0) is 55.5. The minimum Gasteiger partial charge on any atom is -0.310 e. The van der Waals surface area contributed by atoms with Crippen LogP contribution < -0.4 is 4.90 Å². The van der Waals surface area contributed by atoms with Gasteiger partial charge in [-0.25, -0.2) is 0 Å². The summed E-state index contributed by atoms with van der Waals surface area (Å²) in [5, 5.41) is 0. The summed E-state index contributed by atoms with van der Waals surface area (Å²) in [6.45, 7) is 4.73. The van der Waals surface area contributed by atoms with Crippen LogP contribution >= 0.6 is 0 Å². The second-order valence-corrected chi connectivity index (χ2v) is 22.7. The highest BCUT2D eigenvalue weighted by atomic mass is 15.1. The van der Waals surface area contributed by atoms with Crippen LogP contribution in [0.5, 0.6) is 0 Å². The summed E-state index contributed by atoms with van der Waals surface area (Å²) in [6.07, 6.45) is 0. The predicted molar refractivity (Wildman–Crippen MR) is 349 cm³/mol. The Hall–Kier alpha value is -10.3. The molecule has 0 saturated heterocycles. The van der Waals surface area contributed by atoms with E-state index in [0.29, 0.717) is 0 Å². The van der Waals surface area contributed by atoms with Gasteiger partial charge in [0.15, 0.2) is 0 Å². The molecule has 0 radical (unpaired) electrons. The Bertz CT molecular complexity index is 4450. The van der Waals surface area contributed by atoms with Crippen molar-refractivity contribution in [2.45, 2.75) is 24.7 Å². The SMILES string of the molecule is CC1(C)c2ccccc2-c2c(-c3ccc(N(c4ccc(-c5ccccc5)cc4)c4cc(-c5ccc(-c6ccccc6)cc5)cc5c4-c4ccc(-c6ccc(-c7ccccc7)cc6)cc4C5(c4ccccc4)c4ccccc4)cc3)cccc21. The van der Waals surface area contributed by atoms with Gasteiger partial charge >= 0.3 is 0 Å². The molecule has 0 aliphatic heterocycles. The van der Waals surface area contributed by atoms with Crippen LogP contribution in [0.2, 0.25) is 0 Å². The van der Waals surface area contributed by atoms with Crippen molar-refractivity contribution >= 4 is 17.1 Å². The highest BCUT2D eigenvalue weighted by Crippen LogP contribution is 2.61. The quantitative estimate of drug-likeness (QED) is 0.125. The van der Waals surface area contributed by atoms with Crippen LogP contribution in [0, 0.1) is 0 Å². The van der Waals surface area contributed by atoms with Gasteiger partial charge in [-0.1, -0.05) is 293 Å². The molecule has 15 rings (SSSR count). The number of rotatable bonds is 11. The second-order valence-electron chi connectivity index (χ2n) is 22.7. The summed E-state index contributed by atoms with van der Waals surface area (Å²) in [5.74, 6) is 0. The molecule has 0 N–H and O–H groups in total. The normalized spacial score (nSPS) is 13.1. The van der Waals surface area contributed by atoms with Gasteiger partial charge in [-0.2, -0.15) is 0 Å². The van der Waals surface area contributed by atoms with Gasteiger partial charge < -0.3 is 4.90 Å². The first kappa shape index (κ1) is 49.7. The van der Waals surface area contributed by atoms with E-state index >= 15 is 0 Å². The molecule has 392 valence electrons. The Kier molecular flexibility index (Phi) is 12.2. The van der Waals surface area contributed by atoms with Crippen molar-refractivity contribution in [2.24, 2.45) is 0 Å². The smallest absolute Gasteiger partial charge is 0.0714 e. The van der Waals surface area contributed by atoms with E-state index in [4.69, 9.17) is 0 Å². The summed E-state index contributed by atoms with van der Waals surface area (Å²) in [5.41, 5.74) is 29.4. The maximum absolute atomic E-state index is 2.53. The first-order chi connectivity index (χ1) is 40.9. The van der Waals surface area contributed by atoms with Gasteiger partial charge in [0.1, 0.15) is 0 Å². The largest absolute Gasteiger partial charge is 0.310 e. The third-order valence-electron chi connectivity index (χ3n) is 17.8. The van der Waals surface area contributed by atoms with Gasteiger partial charge in [0.2, 0.25) is 0 Å². The molecule has 1 nitrogen and oxygen atoms in total. The molecular weight excluding hydrogens is 999 g/mol. The van der Waals surface area contributed by atoms with Crippen molar-refractivity contribution in [3.8, 4) is 89.0 Å². The molecule has 0 heterocycles. The van der Waals surface area contributed by atoms with E-state index in [0.717, 1.165) is 28.2 Å². The van der Waals surface area contributed by atoms with Gasteiger partial charge in [-0.05, 0) is 159 Å². The van der Waals surface area contributed by atoms with Gasteiger partial charge in [-0.3, -0.25) is 0 Å². The number of benzene rings is 13. The Morgan fingerprint density at radius 3 is 1.11 bits per heavy atom. The minimum atomic E-state index is -0.716.